The van der Waals surface area contributed by atoms with E-state index in [0.717, 1.165) is 16.7 Å². The molecule has 2 aromatic carbocycles. The topological polar surface area (TPSA) is 33.4 Å². The molecule has 0 bridgehead atoms. The number of halogens is 1. The summed E-state index contributed by atoms with van der Waals surface area (Å²) >= 11 is 0. The van der Waals surface area contributed by atoms with E-state index in [0.29, 0.717) is 16.7 Å². The molecule has 21 heavy (non-hydrogen) atoms. The van der Waals surface area contributed by atoms with E-state index in [1.807, 2.05) is 39.0 Å². The van der Waals surface area contributed by atoms with Crippen molar-refractivity contribution in [3.8, 4) is 0 Å². The maximum atomic E-state index is 13.3. The number of hydrogen-bond donors (Lipinski definition) is 1. The van der Waals surface area contributed by atoms with E-state index in [2.05, 4.69) is 0 Å². The molecule has 2 nitrogen and oxygen atoms in total. The summed E-state index contributed by atoms with van der Waals surface area (Å²) in [4.78, 5) is 0. The molecule has 1 unspecified atom stereocenters. The van der Waals surface area contributed by atoms with Crippen molar-refractivity contribution in [2.24, 2.45) is 0 Å². The Balaban J connectivity index is 2.10. The minimum Gasteiger partial charge on any atom is -0.458 e. The lowest BCUT2D eigenvalue weighted by Crippen LogP contribution is -2.00. The average molecular weight is 284 g/mol. The second-order valence-electron chi connectivity index (χ2n) is 5.48. The number of furan rings is 1. The highest BCUT2D eigenvalue weighted by Crippen LogP contribution is 2.33. The van der Waals surface area contributed by atoms with Crippen molar-refractivity contribution in [2.75, 3.05) is 0 Å². The second kappa shape index (κ2) is 5.01. The fourth-order valence-electron chi connectivity index (χ4n) is 2.56. The predicted molar refractivity (Wildman–Crippen MR) is 80.9 cm³/mol. The van der Waals surface area contributed by atoms with E-state index in [-0.39, 0.29) is 5.82 Å². The van der Waals surface area contributed by atoms with Gasteiger partial charge >= 0.3 is 0 Å². The van der Waals surface area contributed by atoms with Crippen LogP contribution in [0.2, 0.25) is 0 Å². The summed E-state index contributed by atoms with van der Waals surface area (Å²) in [5.74, 6) is 0.164. The van der Waals surface area contributed by atoms with Gasteiger partial charge in [-0.05, 0) is 55.7 Å². The molecule has 1 heterocycles. The standard InChI is InChI=1S/C18H17FO2/c1-10-4-5-13(8-11(10)2)17(20)18-12(3)15-9-14(19)6-7-16(15)21-18/h4-9,17,20H,1-3H3. The van der Waals surface area contributed by atoms with Crippen LogP contribution in [0.4, 0.5) is 4.39 Å². The zero-order chi connectivity index (χ0) is 15.1. The number of aliphatic hydroxyl groups excluding tert-OH is 1. The maximum Gasteiger partial charge on any atom is 0.141 e. The molecule has 108 valence electrons. The van der Waals surface area contributed by atoms with Crippen LogP contribution >= 0.6 is 0 Å². The van der Waals surface area contributed by atoms with Crippen molar-refractivity contribution in [1.82, 2.24) is 0 Å². The first-order valence-electron chi connectivity index (χ1n) is 6.91. The molecule has 0 fully saturated rings. The summed E-state index contributed by atoms with van der Waals surface area (Å²) in [6.45, 7) is 5.87. The third kappa shape index (κ3) is 2.34. The molecule has 3 heteroatoms. The highest BCUT2D eigenvalue weighted by Gasteiger charge is 2.20. The lowest BCUT2D eigenvalue weighted by molar-refractivity contribution is 0.191. The number of benzene rings is 2. The lowest BCUT2D eigenvalue weighted by Gasteiger charge is -2.11. The molecule has 1 N–H and O–H groups in total. The van der Waals surface area contributed by atoms with Crippen LogP contribution in [0.5, 0.6) is 0 Å². The van der Waals surface area contributed by atoms with Gasteiger partial charge in [0.1, 0.15) is 23.3 Å². The van der Waals surface area contributed by atoms with Crippen LogP contribution in [-0.2, 0) is 0 Å². The van der Waals surface area contributed by atoms with Crippen LogP contribution in [0, 0.1) is 26.6 Å². The Morgan fingerprint density at radius 2 is 1.76 bits per heavy atom. The second-order valence-corrected chi connectivity index (χ2v) is 5.48. The van der Waals surface area contributed by atoms with E-state index in [4.69, 9.17) is 4.42 Å². The molecule has 0 saturated carbocycles. The molecular formula is C18H17FO2. The van der Waals surface area contributed by atoms with Gasteiger partial charge in [0.05, 0.1) is 0 Å². The van der Waals surface area contributed by atoms with Crippen molar-refractivity contribution in [1.29, 1.82) is 0 Å². The molecule has 1 aromatic heterocycles. The normalized spacial score (nSPS) is 12.8. The van der Waals surface area contributed by atoms with Crippen molar-refractivity contribution in [3.05, 3.63) is 70.2 Å². The monoisotopic (exact) mass is 284 g/mol. The molecule has 3 aromatic rings. The molecule has 1 atom stereocenters. The molecule has 0 spiro atoms. The van der Waals surface area contributed by atoms with Crippen LogP contribution in [0.25, 0.3) is 11.0 Å². The predicted octanol–water partition coefficient (Wildman–Crippen LogP) is 4.58. The number of rotatable bonds is 2. The lowest BCUT2D eigenvalue weighted by atomic mass is 9.99. The Kier molecular flexibility index (Phi) is 3.30. The van der Waals surface area contributed by atoms with Gasteiger partial charge in [-0.15, -0.1) is 0 Å². The maximum absolute atomic E-state index is 13.3. The number of hydrogen-bond acceptors (Lipinski definition) is 2. The fraction of sp³-hybridized carbons (Fsp3) is 0.222. The van der Waals surface area contributed by atoms with E-state index >= 15 is 0 Å². The SMILES string of the molecule is Cc1ccc(C(O)c2oc3ccc(F)cc3c2C)cc1C. The van der Waals surface area contributed by atoms with Gasteiger partial charge in [0, 0.05) is 10.9 Å². The van der Waals surface area contributed by atoms with E-state index in [9.17, 15) is 9.50 Å². The van der Waals surface area contributed by atoms with Crippen LogP contribution in [0.15, 0.2) is 40.8 Å². The van der Waals surface area contributed by atoms with Gasteiger partial charge in [0.15, 0.2) is 0 Å². The first kappa shape index (κ1) is 13.8. The van der Waals surface area contributed by atoms with Crippen LogP contribution in [-0.4, -0.2) is 5.11 Å². The fourth-order valence-corrected chi connectivity index (χ4v) is 2.56. The zero-order valence-electron chi connectivity index (χ0n) is 12.3. The smallest absolute Gasteiger partial charge is 0.141 e. The third-order valence-corrected chi connectivity index (χ3v) is 4.03. The van der Waals surface area contributed by atoms with Gasteiger partial charge in [0.25, 0.3) is 0 Å². The minimum absolute atomic E-state index is 0.307. The molecule has 0 radical (unpaired) electrons. The number of aryl methyl sites for hydroxylation is 3. The van der Waals surface area contributed by atoms with Gasteiger partial charge in [-0.3, -0.25) is 0 Å². The van der Waals surface area contributed by atoms with Crippen LogP contribution in [0.3, 0.4) is 0 Å². The molecule has 3 rings (SSSR count). The first-order valence-corrected chi connectivity index (χ1v) is 6.91. The molecular weight excluding hydrogens is 267 g/mol. The van der Waals surface area contributed by atoms with Crippen LogP contribution < -0.4 is 0 Å². The zero-order valence-corrected chi connectivity index (χ0v) is 12.3. The third-order valence-electron chi connectivity index (χ3n) is 4.03. The highest BCUT2D eigenvalue weighted by molar-refractivity contribution is 5.82. The van der Waals surface area contributed by atoms with Gasteiger partial charge in [-0.25, -0.2) is 4.39 Å². The molecule has 0 aliphatic heterocycles. The van der Waals surface area contributed by atoms with E-state index < -0.39 is 6.10 Å². The van der Waals surface area contributed by atoms with E-state index in [1.54, 1.807) is 6.07 Å². The summed E-state index contributed by atoms with van der Waals surface area (Å²) in [6.07, 6.45) is -0.847. The Bertz CT molecular complexity index is 817. The van der Waals surface area contributed by atoms with Crippen molar-refractivity contribution in [3.63, 3.8) is 0 Å². The quantitative estimate of drug-likeness (QED) is 0.747. The Labute approximate surface area is 122 Å². The van der Waals surface area contributed by atoms with Gasteiger partial charge in [-0.1, -0.05) is 18.2 Å². The molecule has 0 saturated heterocycles. The molecule has 0 aliphatic rings. The summed E-state index contributed by atoms with van der Waals surface area (Å²) in [7, 11) is 0. The summed E-state index contributed by atoms with van der Waals surface area (Å²) in [6, 6.07) is 10.2. The van der Waals surface area contributed by atoms with Gasteiger partial charge in [-0.2, -0.15) is 0 Å². The number of fused-ring (bicyclic) bond motifs is 1. The highest BCUT2D eigenvalue weighted by atomic mass is 19.1. The molecule has 0 aliphatic carbocycles. The Hall–Kier alpha value is -2.13. The van der Waals surface area contributed by atoms with Crippen molar-refractivity contribution >= 4 is 11.0 Å². The van der Waals surface area contributed by atoms with Crippen molar-refractivity contribution < 1.29 is 13.9 Å². The Morgan fingerprint density at radius 1 is 1.00 bits per heavy atom. The van der Waals surface area contributed by atoms with Gasteiger partial charge < -0.3 is 9.52 Å². The average Bonchev–Trinajstić information content (AvgIpc) is 2.78. The number of aliphatic hydroxyl groups is 1. The van der Waals surface area contributed by atoms with Gasteiger partial charge in [0.2, 0.25) is 0 Å². The van der Waals surface area contributed by atoms with E-state index in [1.165, 1.54) is 17.7 Å². The summed E-state index contributed by atoms with van der Waals surface area (Å²) < 4.78 is 19.1. The summed E-state index contributed by atoms with van der Waals surface area (Å²) in [5.41, 5.74) is 4.43. The van der Waals surface area contributed by atoms with Crippen LogP contribution in [0.1, 0.15) is 34.1 Å². The molecule has 0 amide bonds. The Morgan fingerprint density at radius 3 is 2.48 bits per heavy atom. The van der Waals surface area contributed by atoms with Crippen molar-refractivity contribution in [2.45, 2.75) is 26.9 Å². The summed E-state index contributed by atoms with van der Waals surface area (Å²) in [5, 5.41) is 11.3. The largest absolute Gasteiger partial charge is 0.458 e. The minimum atomic E-state index is -0.847. The first-order chi connectivity index (χ1) is 9.97.